The average Bonchev–Trinajstić information content (AvgIpc) is 2.68. The predicted molar refractivity (Wildman–Crippen MR) is 81.8 cm³/mol. The van der Waals surface area contributed by atoms with Gasteiger partial charge in [0, 0.05) is 30.9 Å². The Balaban J connectivity index is 1.86. The molecule has 2 N–H and O–H groups in total. The standard InChI is InChI=1S/C14H24N4S/c1-10-5-4-8-18(9-10)14(15)16-7-6-13-11(2)17-12(3)19-13/h10H,4-9H2,1-3H3,(H2,15,16). The molecule has 0 radical (unpaired) electrons. The molecule has 1 aromatic heterocycles. The monoisotopic (exact) mass is 280 g/mol. The van der Waals surface area contributed by atoms with Crippen LogP contribution in [-0.4, -0.2) is 35.5 Å². The van der Waals surface area contributed by atoms with E-state index >= 15 is 0 Å². The maximum atomic E-state index is 6.08. The minimum Gasteiger partial charge on any atom is -0.370 e. The van der Waals surface area contributed by atoms with Crippen molar-refractivity contribution in [2.45, 2.75) is 40.0 Å². The SMILES string of the molecule is Cc1nc(C)c(CCN=C(N)N2CCCC(C)C2)s1. The van der Waals surface area contributed by atoms with E-state index < -0.39 is 0 Å². The second kappa shape index (κ2) is 6.37. The van der Waals surface area contributed by atoms with Crippen molar-refractivity contribution >= 4 is 17.3 Å². The molecule has 106 valence electrons. The zero-order valence-corrected chi connectivity index (χ0v) is 13.0. The fraction of sp³-hybridized carbons (Fsp3) is 0.714. The van der Waals surface area contributed by atoms with Crippen LogP contribution in [0.4, 0.5) is 0 Å². The van der Waals surface area contributed by atoms with E-state index in [0.717, 1.165) is 42.7 Å². The largest absolute Gasteiger partial charge is 0.370 e. The zero-order chi connectivity index (χ0) is 13.8. The van der Waals surface area contributed by atoms with Crippen molar-refractivity contribution in [2.24, 2.45) is 16.6 Å². The number of likely N-dealkylation sites (tertiary alicyclic amines) is 1. The highest BCUT2D eigenvalue weighted by Crippen LogP contribution is 2.18. The van der Waals surface area contributed by atoms with E-state index in [1.54, 1.807) is 11.3 Å². The number of aryl methyl sites for hydroxylation is 2. The molecule has 19 heavy (non-hydrogen) atoms. The van der Waals surface area contributed by atoms with Crippen molar-refractivity contribution in [3.63, 3.8) is 0 Å². The van der Waals surface area contributed by atoms with Crippen molar-refractivity contribution in [3.05, 3.63) is 15.6 Å². The van der Waals surface area contributed by atoms with Crippen LogP contribution in [0.5, 0.6) is 0 Å². The van der Waals surface area contributed by atoms with Crippen molar-refractivity contribution in [2.75, 3.05) is 19.6 Å². The number of hydrogen-bond acceptors (Lipinski definition) is 3. The third kappa shape index (κ3) is 3.93. The molecular formula is C14H24N4S. The fourth-order valence-electron chi connectivity index (χ4n) is 2.57. The lowest BCUT2D eigenvalue weighted by Gasteiger charge is -2.31. The number of aliphatic imine (C=N–C) groups is 1. The van der Waals surface area contributed by atoms with E-state index in [2.05, 4.69) is 28.7 Å². The van der Waals surface area contributed by atoms with Gasteiger partial charge in [-0.05, 0) is 32.6 Å². The summed E-state index contributed by atoms with van der Waals surface area (Å²) in [5, 5.41) is 1.13. The first-order chi connectivity index (χ1) is 9.06. The first-order valence-corrected chi connectivity index (χ1v) is 7.85. The Morgan fingerprint density at radius 3 is 2.95 bits per heavy atom. The van der Waals surface area contributed by atoms with Crippen LogP contribution >= 0.6 is 11.3 Å². The Labute approximate surface area is 119 Å². The van der Waals surface area contributed by atoms with Crippen LogP contribution in [0.25, 0.3) is 0 Å². The summed E-state index contributed by atoms with van der Waals surface area (Å²) in [7, 11) is 0. The third-order valence-corrected chi connectivity index (χ3v) is 4.73. The molecule has 0 aliphatic carbocycles. The highest BCUT2D eigenvalue weighted by Gasteiger charge is 2.17. The van der Waals surface area contributed by atoms with Crippen molar-refractivity contribution in [3.8, 4) is 0 Å². The number of nitrogens with zero attached hydrogens (tertiary/aromatic N) is 3. The quantitative estimate of drug-likeness (QED) is 0.683. The van der Waals surface area contributed by atoms with Crippen LogP contribution < -0.4 is 5.73 Å². The lowest BCUT2D eigenvalue weighted by atomic mass is 10.0. The van der Waals surface area contributed by atoms with E-state index in [1.807, 2.05) is 6.92 Å². The minimum atomic E-state index is 0.713. The van der Waals surface area contributed by atoms with Gasteiger partial charge < -0.3 is 10.6 Å². The lowest BCUT2D eigenvalue weighted by Crippen LogP contribution is -2.43. The third-order valence-electron chi connectivity index (χ3n) is 3.59. The molecule has 0 bridgehead atoms. The Morgan fingerprint density at radius 1 is 1.53 bits per heavy atom. The fourth-order valence-corrected chi connectivity index (χ4v) is 3.50. The first kappa shape index (κ1) is 14.3. The van der Waals surface area contributed by atoms with Gasteiger partial charge in [-0.1, -0.05) is 6.92 Å². The molecule has 0 saturated carbocycles. The summed E-state index contributed by atoms with van der Waals surface area (Å²) >= 11 is 1.77. The second-order valence-electron chi connectivity index (χ2n) is 5.42. The van der Waals surface area contributed by atoms with Gasteiger partial charge in [0.2, 0.25) is 0 Å². The highest BCUT2D eigenvalue weighted by atomic mass is 32.1. The van der Waals surface area contributed by atoms with Gasteiger partial charge in [-0.15, -0.1) is 11.3 Å². The van der Waals surface area contributed by atoms with Crippen LogP contribution in [0.15, 0.2) is 4.99 Å². The number of guanidine groups is 1. The summed E-state index contributed by atoms with van der Waals surface area (Å²) in [4.78, 5) is 12.5. The van der Waals surface area contributed by atoms with E-state index in [1.165, 1.54) is 17.7 Å². The summed E-state index contributed by atoms with van der Waals surface area (Å²) in [5.74, 6) is 1.44. The Morgan fingerprint density at radius 2 is 2.32 bits per heavy atom. The minimum absolute atomic E-state index is 0.713. The Kier molecular flexibility index (Phi) is 4.80. The molecule has 1 aromatic rings. The van der Waals surface area contributed by atoms with Gasteiger partial charge >= 0.3 is 0 Å². The molecule has 1 saturated heterocycles. The van der Waals surface area contributed by atoms with E-state index in [4.69, 9.17) is 5.73 Å². The Bertz CT molecular complexity index is 452. The topological polar surface area (TPSA) is 54.5 Å². The Hall–Kier alpha value is -1.10. The van der Waals surface area contributed by atoms with Crippen molar-refractivity contribution in [1.29, 1.82) is 0 Å². The van der Waals surface area contributed by atoms with Gasteiger partial charge in [-0.2, -0.15) is 0 Å². The second-order valence-corrected chi connectivity index (χ2v) is 6.71. The summed E-state index contributed by atoms with van der Waals surface area (Å²) in [6, 6.07) is 0. The van der Waals surface area contributed by atoms with Crippen LogP contribution in [0, 0.1) is 19.8 Å². The summed E-state index contributed by atoms with van der Waals surface area (Å²) < 4.78 is 0. The molecule has 2 rings (SSSR count). The molecule has 0 spiro atoms. The van der Waals surface area contributed by atoms with Gasteiger partial charge in [0.25, 0.3) is 0 Å². The molecule has 2 heterocycles. The smallest absolute Gasteiger partial charge is 0.191 e. The number of nitrogens with two attached hydrogens (primary N) is 1. The first-order valence-electron chi connectivity index (χ1n) is 7.04. The van der Waals surface area contributed by atoms with E-state index in [-0.39, 0.29) is 0 Å². The van der Waals surface area contributed by atoms with Gasteiger partial charge in [-0.3, -0.25) is 4.99 Å². The maximum Gasteiger partial charge on any atom is 0.191 e. The molecule has 1 unspecified atom stereocenters. The lowest BCUT2D eigenvalue weighted by molar-refractivity contribution is 0.270. The average molecular weight is 280 g/mol. The molecule has 1 aliphatic heterocycles. The molecular weight excluding hydrogens is 256 g/mol. The van der Waals surface area contributed by atoms with Crippen LogP contribution in [0.3, 0.4) is 0 Å². The van der Waals surface area contributed by atoms with Crippen LogP contribution in [0.2, 0.25) is 0 Å². The molecule has 4 nitrogen and oxygen atoms in total. The molecule has 5 heteroatoms. The molecule has 1 fully saturated rings. The van der Waals surface area contributed by atoms with Crippen LogP contribution in [0.1, 0.15) is 35.3 Å². The summed E-state index contributed by atoms with van der Waals surface area (Å²) in [5.41, 5.74) is 7.22. The van der Waals surface area contributed by atoms with Crippen molar-refractivity contribution in [1.82, 2.24) is 9.88 Å². The highest BCUT2D eigenvalue weighted by molar-refractivity contribution is 7.11. The number of piperidine rings is 1. The molecule has 0 amide bonds. The summed E-state index contributed by atoms with van der Waals surface area (Å²) in [6.07, 6.45) is 3.48. The predicted octanol–water partition coefficient (Wildman–Crippen LogP) is 2.35. The van der Waals surface area contributed by atoms with Gasteiger partial charge in [0.15, 0.2) is 5.96 Å². The maximum absolute atomic E-state index is 6.08. The molecule has 0 aromatic carbocycles. The van der Waals surface area contributed by atoms with Gasteiger partial charge in [-0.25, -0.2) is 4.98 Å². The number of aromatic nitrogens is 1. The molecule has 1 atom stereocenters. The van der Waals surface area contributed by atoms with E-state index in [0.29, 0.717) is 5.96 Å². The van der Waals surface area contributed by atoms with E-state index in [9.17, 15) is 0 Å². The van der Waals surface area contributed by atoms with Gasteiger partial charge in [0.1, 0.15) is 0 Å². The number of thiazole rings is 1. The molecule has 1 aliphatic rings. The number of rotatable bonds is 3. The summed E-state index contributed by atoms with van der Waals surface area (Å²) in [6.45, 7) is 9.26. The van der Waals surface area contributed by atoms with Crippen LogP contribution in [-0.2, 0) is 6.42 Å². The van der Waals surface area contributed by atoms with Crippen molar-refractivity contribution < 1.29 is 0 Å². The zero-order valence-electron chi connectivity index (χ0n) is 12.1. The number of hydrogen-bond donors (Lipinski definition) is 1. The van der Waals surface area contributed by atoms with Gasteiger partial charge in [0.05, 0.1) is 10.7 Å². The normalized spacial score (nSPS) is 20.9.